The number of hydrogen-bond donors (Lipinski definition) is 1. The molecule has 0 spiro atoms. The summed E-state index contributed by atoms with van der Waals surface area (Å²) in [6.07, 6.45) is 3.17. The van der Waals surface area contributed by atoms with Gasteiger partial charge in [-0.2, -0.15) is 5.10 Å². The number of anilines is 1. The van der Waals surface area contributed by atoms with Crippen molar-refractivity contribution in [3.63, 3.8) is 0 Å². The van der Waals surface area contributed by atoms with Crippen molar-refractivity contribution in [1.82, 2.24) is 25.0 Å². The molecule has 0 bridgehead atoms. The van der Waals surface area contributed by atoms with Crippen molar-refractivity contribution in [1.29, 1.82) is 0 Å². The number of nitrogens with one attached hydrogen (secondary N) is 1. The SMILES string of the molecule is CCNc1nnc(Cn2cncn2)s1. The first kappa shape index (κ1) is 9.07. The third-order valence-corrected chi connectivity index (χ3v) is 2.42. The van der Waals surface area contributed by atoms with Gasteiger partial charge in [0, 0.05) is 6.54 Å². The molecule has 0 aliphatic rings. The Hall–Kier alpha value is -1.50. The predicted molar refractivity (Wildman–Crippen MR) is 53.2 cm³/mol. The molecule has 0 aliphatic carbocycles. The summed E-state index contributed by atoms with van der Waals surface area (Å²) in [5.41, 5.74) is 0. The highest BCUT2D eigenvalue weighted by Gasteiger charge is 2.03. The Morgan fingerprint density at radius 1 is 1.50 bits per heavy atom. The van der Waals surface area contributed by atoms with Gasteiger partial charge in [0.15, 0.2) is 0 Å². The number of aromatic nitrogens is 5. The quantitative estimate of drug-likeness (QED) is 0.800. The molecule has 2 aromatic rings. The van der Waals surface area contributed by atoms with E-state index in [9.17, 15) is 0 Å². The molecule has 7 heteroatoms. The van der Waals surface area contributed by atoms with E-state index < -0.39 is 0 Å². The fourth-order valence-corrected chi connectivity index (χ4v) is 1.79. The lowest BCUT2D eigenvalue weighted by atomic mass is 10.7. The van der Waals surface area contributed by atoms with Crippen LogP contribution in [0, 0.1) is 0 Å². The van der Waals surface area contributed by atoms with Gasteiger partial charge < -0.3 is 5.32 Å². The lowest BCUT2D eigenvalue weighted by molar-refractivity contribution is 0.675. The zero-order valence-electron chi connectivity index (χ0n) is 7.71. The molecule has 0 radical (unpaired) electrons. The molecule has 0 unspecified atom stereocenters. The van der Waals surface area contributed by atoms with Crippen molar-refractivity contribution in [3.05, 3.63) is 17.7 Å². The van der Waals surface area contributed by atoms with Gasteiger partial charge in [0.2, 0.25) is 5.13 Å². The van der Waals surface area contributed by atoms with E-state index in [0.29, 0.717) is 6.54 Å². The van der Waals surface area contributed by atoms with Crippen LogP contribution in [-0.2, 0) is 6.54 Å². The Morgan fingerprint density at radius 2 is 2.43 bits per heavy atom. The molecule has 0 saturated heterocycles. The monoisotopic (exact) mass is 210 g/mol. The first-order valence-electron chi connectivity index (χ1n) is 4.27. The summed E-state index contributed by atoms with van der Waals surface area (Å²) < 4.78 is 1.72. The Labute approximate surface area is 85.0 Å². The largest absolute Gasteiger partial charge is 0.360 e. The van der Waals surface area contributed by atoms with Gasteiger partial charge in [-0.1, -0.05) is 11.3 Å². The first-order chi connectivity index (χ1) is 6.88. The van der Waals surface area contributed by atoms with Gasteiger partial charge in [-0.25, -0.2) is 9.67 Å². The van der Waals surface area contributed by atoms with Crippen LogP contribution in [0.4, 0.5) is 5.13 Å². The summed E-state index contributed by atoms with van der Waals surface area (Å²) in [6.45, 7) is 3.51. The standard InChI is InChI=1S/C7H10N6S/c1-2-9-7-12-11-6(14-7)3-13-5-8-4-10-13/h4-5H,2-3H2,1H3,(H,9,12). The number of hydrogen-bond acceptors (Lipinski definition) is 6. The average molecular weight is 210 g/mol. The molecule has 0 aliphatic heterocycles. The smallest absolute Gasteiger partial charge is 0.205 e. The summed E-state index contributed by atoms with van der Waals surface area (Å²) >= 11 is 1.53. The maximum Gasteiger partial charge on any atom is 0.205 e. The molecule has 0 aromatic carbocycles. The zero-order chi connectivity index (χ0) is 9.80. The number of rotatable bonds is 4. The zero-order valence-corrected chi connectivity index (χ0v) is 8.53. The minimum Gasteiger partial charge on any atom is -0.360 e. The van der Waals surface area contributed by atoms with Crippen molar-refractivity contribution >= 4 is 16.5 Å². The van der Waals surface area contributed by atoms with Crippen molar-refractivity contribution in [2.45, 2.75) is 13.5 Å². The van der Waals surface area contributed by atoms with Crippen molar-refractivity contribution in [2.75, 3.05) is 11.9 Å². The Kier molecular flexibility index (Phi) is 2.68. The maximum absolute atomic E-state index is 4.03. The van der Waals surface area contributed by atoms with Crippen LogP contribution in [-0.4, -0.2) is 31.5 Å². The molecule has 0 saturated carbocycles. The normalized spacial score (nSPS) is 10.4. The Balaban J connectivity index is 2.03. The van der Waals surface area contributed by atoms with Gasteiger partial charge in [-0.15, -0.1) is 10.2 Å². The van der Waals surface area contributed by atoms with E-state index in [4.69, 9.17) is 0 Å². The molecule has 74 valence electrons. The van der Waals surface area contributed by atoms with E-state index in [2.05, 4.69) is 25.6 Å². The molecule has 0 amide bonds. The molecule has 2 rings (SSSR count). The van der Waals surface area contributed by atoms with Gasteiger partial charge in [-0.3, -0.25) is 0 Å². The fourth-order valence-electron chi connectivity index (χ4n) is 0.993. The highest BCUT2D eigenvalue weighted by atomic mass is 32.1. The average Bonchev–Trinajstić information content (AvgIpc) is 2.79. The van der Waals surface area contributed by atoms with Crippen LogP contribution in [0.1, 0.15) is 11.9 Å². The van der Waals surface area contributed by atoms with Crippen molar-refractivity contribution in [3.8, 4) is 0 Å². The van der Waals surface area contributed by atoms with Crippen LogP contribution >= 0.6 is 11.3 Å². The topological polar surface area (TPSA) is 68.5 Å². The van der Waals surface area contributed by atoms with Crippen molar-refractivity contribution < 1.29 is 0 Å². The second kappa shape index (κ2) is 4.14. The van der Waals surface area contributed by atoms with E-state index >= 15 is 0 Å². The second-order valence-electron chi connectivity index (χ2n) is 2.62. The second-order valence-corrected chi connectivity index (χ2v) is 3.69. The van der Waals surface area contributed by atoms with E-state index in [-0.39, 0.29) is 0 Å². The molecular formula is C7H10N6S. The van der Waals surface area contributed by atoms with Gasteiger partial charge in [-0.05, 0) is 6.92 Å². The van der Waals surface area contributed by atoms with Crippen LogP contribution in [0.5, 0.6) is 0 Å². The summed E-state index contributed by atoms with van der Waals surface area (Å²) in [6, 6.07) is 0. The Morgan fingerprint density at radius 3 is 3.14 bits per heavy atom. The summed E-state index contributed by atoms with van der Waals surface area (Å²) in [7, 11) is 0. The first-order valence-corrected chi connectivity index (χ1v) is 5.09. The van der Waals surface area contributed by atoms with Crippen LogP contribution in [0.25, 0.3) is 0 Å². The molecule has 2 heterocycles. The minimum atomic E-state index is 0.628. The molecule has 1 N–H and O–H groups in total. The summed E-state index contributed by atoms with van der Waals surface area (Å²) in [4.78, 5) is 3.85. The predicted octanol–water partition coefficient (Wildman–Crippen LogP) is 0.610. The fraction of sp³-hybridized carbons (Fsp3) is 0.429. The lowest BCUT2D eigenvalue weighted by Crippen LogP contribution is -1.99. The third kappa shape index (κ3) is 2.05. The van der Waals surface area contributed by atoms with Crippen LogP contribution in [0.15, 0.2) is 12.7 Å². The molecule has 0 fully saturated rings. The van der Waals surface area contributed by atoms with Crippen LogP contribution < -0.4 is 5.32 Å². The highest BCUT2D eigenvalue weighted by Crippen LogP contribution is 2.15. The molecule has 0 atom stereocenters. The number of nitrogens with zero attached hydrogens (tertiary/aromatic N) is 5. The van der Waals surface area contributed by atoms with E-state index in [0.717, 1.165) is 16.7 Å². The summed E-state index contributed by atoms with van der Waals surface area (Å²) in [5.74, 6) is 0. The van der Waals surface area contributed by atoms with Gasteiger partial charge in [0.1, 0.15) is 17.7 Å². The highest BCUT2D eigenvalue weighted by molar-refractivity contribution is 7.15. The molecule has 2 aromatic heterocycles. The molecule has 14 heavy (non-hydrogen) atoms. The maximum atomic E-state index is 4.03. The Bertz CT molecular complexity index is 381. The van der Waals surface area contributed by atoms with Crippen LogP contribution in [0.3, 0.4) is 0 Å². The van der Waals surface area contributed by atoms with Gasteiger partial charge in [0.05, 0.1) is 6.54 Å². The van der Waals surface area contributed by atoms with E-state index in [1.165, 1.54) is 17.7 Å². The van der Waals surface area contributed by atoms with Crippen LogP contribution in [0.2, 0.25) is 0 Å². The summed E-state index contributed by atoms with van der Waals surface area (Å²) in [5, 5.41) is 16.9. The third-order valence-electron chi connectivity index (χ3n) is 1.56. The van der Waals surface area contributed by atoms with Gasteiger partial charge >= 0.3 is 0 Å². The molecule has 6 nitrogen and oxygen atoms in total. The lowest BCUT2D eigenvalue weighted by Gasteiger charge is -1.93. The minimum absolute atomic E-state index is 0.628. The van der Waals surface area contributed by atoms with E-state index in [1.54, 1.807) is 11.0 Å². The van der Waals surface area contributed by atoms with Gasteiger partial charge in [0.25, 0.3) is 0 Å². The van der Waals surface area contributed by atoms with Crippen molar-refractivity contribution in [2.24, 2.45) is 0 Å². The molecular weight excluding hydrogens is 200 g/mol. The van der Waals surface area contributed by atoms with E-state index in [1.807, 2.05) is 6.92 Å².